The summed E-state index contributed by atoms with van der Waals surface area (Å²) in [4.78, 5) is 12.1. The third-order valence-corrected chi connectivity index (χ3v) is 4.89. The van der Waals surface area contributed by atoms with Gasteiger partial charge in [0, 0.05) is 19.0 Å². The average molecular weight is 324 g/mol. The van der Waals surface area contributed by atoms with Crippen LogP contribution >= 0.6 is 0 Å². The van der Waals surface area contributed by atoms with Crippen molar-refractivity contribution in [3.05, 3.63) is 35.9 Å². The number of benzene rings is 1. The quantitative estimate of drug-likeness (QED) is 0.781. The van der Waals surface area contributed by atoms with E-state index in [1.54, 1.807) is 0 Å². The standard InChI is InChI=1S/C16H24N2O3S/c1-22(20,21)18-12-11-17-16(19)15-9-7-14(8-10-15)13-5-3-2-4-6-13/h2-6,14-15,18H,7-12H2,1H3,(H,17,19). The Kier molecular flexibility index (Phi) is 5.97. The van der Waals surface area contributed by atoms with Gasteiger partial charge in [-0.25, -0.2) is 13.1 Å². The van der Waals surface area contributed by atoms with Gasteiger partial charge in [-0.2, -0.15) is 0 Å². The minimum atomic E-state index is -3.19. The third-order valence-electron chi connectivity index (χ3n) is 4.16. The molecule has 1 aromatic carbocycles. The Hall–Kier alpha value is -1.40. The van der Waals surface area contributed by atoms with Crippen LogP contribution in [0.15, 0.2) is 30.3 Å². The second kappa shape index (κ2) is 7.74. The van der Waals surface area contributed by atoms with E-state index in [2.05, 4.69) is 34.3 Å². The molecule has 0 heterocycles. The molecule has 1 aliphatic carbocycles. The maximum atomic E-state index is 12.1. The van der Waals surface area contributed by atoms with Crippen LogP contribution in [-0.2, 0) is 14.8 Å². The molecular formula is C16H24N2O3S. The van der Waals surface area contributed by atoms with Gasteiger partial charge >= 0.3 is 0 Å². The topological polar surface area (TPSA) is 75.3 Å². The van der Waals surface area contributed by atoms with E-state index in [1.807, 2.05) is 6.07 Å². The SMILES string of the molecule is CS(=O)(=O)NCCNC(=O)C1CCC(c2ccccc2)CC1. The van der Waals surface area contributed by atoms with Crippen LogP contribution in [0.1, 0.15) is 37.2 Å². The molecule has 122 valence electrons. The summed E-state index contributed by atoms with van der Waals surface area (Å²) >= 11 is 0. The lowest BCUT2D eigenvalue weighted by atomic mass is 9.78. The zero-order chi connectivity index (χ0) is 16.0. The van der Waals surface area contributed by atoms with Gasteiger partial charge in [0.1, 0.15) is 0 Å². The minimum absolute atomic E-state index is 0.0433. The van der Waals surface area contributed by atoms with Gasteiger partial charge in [-0.05, 0) is 37.2 Å². The summed E-state index contributed by atoms with van der Waals surface area (Å²) < 4.78 is 24.2. The van der Waals surface area contributed by atoms with Gasteiger partial charge in [-0.3, -0.25) is 4.79 Å². The van der Waals surface area contributed by atoms with Crippen molar-refractivity contribution in [1.29, 1.82) is 0 Å². The Morgan fingerprint density at radius 2 is 1.73 bits per heavy atom. The summed E-state index contributed by atoms with van der Waals surface area (Å²) in [7, 11) is -3.19. The van der Waals surface area contributed by atoms with Crippen molar-refractivity contribution in [1.82, 2.24) is 10.0 Å². The summed E-state index contributed by atoms with van der Waals surface area (Å²) in [6.45, 7) is 0.578. The molecule has 0 aliphatic heterocycles. The molecule has 0 atom stereocenters. The lowest BCUT2D eigenvalue weighted by Crippen LogP contribution is -2.38. The fraction of sp³-hybridized carbons (Fsp3) is 0.562. The summed E-state index contributed by atoms with van der Waals surface area (Å²) in [6, 6.07) is 10.4. The van der Waals surface area contributed by atoms with E-state index in [1.165, 1.54) is 5.56 Å². The predicted molar refractivity (Wildman–Crippen MR) is 87.0 cm³/mol. The maximum absolute atomic E-state index is 12.1. The molecule has 0 radical (unpaired) electrons. The molecule has 6 heteroatoms. The first-order valence-electron chi connectivity index (χ1n) is 7.73. The predicted octanol–water partition coefficient (Wildman–Crippen LogP) is 1.63. The monoisotopic (exact) mass is 324 g/mol. The Labute approximate surface area is 132 Å². The number of hydrogen-bond donors (Lipinski definition) is 2. The Morgan fingerprint density at radius 1 is 1.09 bits per heavy atom. The van der Waals surface area contributed by atoms with Crippen molar-refractivity contribution >= 4 is 15.9 Å². The normalized spacial score (nSPS) is 22.2. The summed E-state index contributed by atoms with van der Waals surface area (Å²) in [5.41, 5.74) is 1.36. The molecule has 0 saturated heterocycles. The number of sulfonamides is 1. The van der Waals surface area contributed by atoms with E-state index in [0.717, 1.165) is 31.9 Å². The largest absolute Gasteiger partial charge is 0.355 e. The first-order chi connectivity index (χ1) is 10.5. The molecule has 2 rings (SSSR count). The fourth-order valence-electron chi connectivity index (χ4n) is 2.98. The van der Waals surface area contributed by atoms with Crippen LogP contribution in [-0.4, -0.2) is 33.7 Å². The molecule has 0 aromatic heterocycles. The van der Waals surface area contributed by atoms with Crippen molar-refractivity contribution in [3.8, 4) is 0 Å². The first-order valence-corrected chi connectivity index (χ1v) is 9.62. The highest BCUT2D eigenvalue weighted by molar-refractivity contribution is 7.88. The van der Waals surface area contributed by atoms with Gasteiger partial charge in [0.25, 0.3) is 0 Å². The van der Waals surface area contributed by atoms with Gasteiger partial charge in [-0.15, -0.1) is 0 Å². The smallest absolute Gasteiger partial charge is 0.223 e. The van der Waals surface area contributed by atoms with E-state index in [-0.39, 0.29) is 18.4 Å². The lowest BCUT2D eigenvalue weighted by Gasteiger charge is -2.28. The van der Waals surface area contributed by atoms with E-state index in [0.29, 0.717) is 12.5 Å². The van der Waals surface area contributed by atoms with Crippen LogP contribution in [0.2, 0.25) is 0 Å². The highest BCUT2D eigenvalue weighted by Gasteiger charge is 2.26. The Balaban J connectivity index is 1.71. The lowest BCUT2D eigenvalue weighted by molar-refractivity contribution is -0.125. The van der Waals surface area contributed by atoms with Gasteiger partial charge in [0.2, 0.25) is 15.9 Å². The van der Waals surface area contributed by atoms with Crippen LogP contribution in [0, 0.1) is 5.92 Å². The molecule has 1 aliphatic rings. The van der Waals surface area contributed by atoms with Gasteiger partial charge in [0.15, 0.2) is 0 Å². The molecule has 0 unspecified atom stereocenters. The molecule has 1 amide bonds. The molecule has 1 fully saturated rings. The van der Waals surface area contributed by atoms with Crippen molar-refractivity contribution in [2.24, 2.45) is 5.92 Å². The van der Waals surface area contributed by atoms with Crippen LogP contribution < -0.4 is 10.0 Å². The Morgan fingerprint density at radius 3 is 2.32 bits per heavy atom. The number of carbonyl (C=O) groups excluding carboxylic acids is 1. The highest BCUT2D eigenvalue weighted by atomic mass is 32.2. The zero-order valence-electron chi connectivity index (χ0n) is 12.9. The molecule has 0 bridgehead atoms. The van der Waals surface area contributed by atoms with E-state index < -0.39 is 10.0 Å². The highest BCUT2D eigenvalue weighted by Crippen LogP contribution is 2.35. The van der Waals surface area contributed by atoms with Crippen molar-refractivity contribution in [2.45, 2.75) is 31.6 Å². The van der Waals surface area contributed by atoms with Crippen LogP contribution in [0.3, 0.4) is 0 Å². The van der Waals surface area contributed by atoms with Crippen LogP contribution in [0.4, 0.5) is 0 Å². The second-order valence-electron chi connectivity index (χ2n) is 5.92. The fourth-order valence-corrected chi connectivity index (χ4v) is 3.45. The van der Waals surface area contributed by atoms with Gasteiger partial charge in [-0.1, -0.05) is 30.3 Å². The van der Waals surface area contributed by atoms with E-state index in [4.69, 9.17) is 0 Å². The number of nitrogens with one attached hydrogen (secondary N) is 2. The van der Waals surface area contributed by atoms with Crippen LogP contribution in [0.5, 0.6) is 0 Å². The molecule has 1 saturated carbocycles. The summed E-state index contributed by atoms with van der Waals surface area (Å²) in [5, 5.41) is 2.81. The van der Waals surface area contributed by atoms with Crippen molar-refractivity contribution in [2.75, 3.05) is 19.3 Å². The minimum Gasteiger partial charge on any atom is -0.355 e. The molecule has 5 nitrogen and oxygen atoms in total. The third kappa shape index (κ3) is 5.42. The van der Waals surface area contributed by atoms with E-state index >= 15 is 0 Å². The van der Waals surface area contributed by atoms with Crippen LogP contribution in [0.25, 0.3) is 0 Å². The number of hydrogen-bond acceptors (Lipinski definition) is 3. The molecule has 1 aromatic rings. The zero-order valence-corrected chi connectivity index (χ0v) is 13.7. The maximum Gasteiger partial charge on any atom is 0.223 e. The molecule has 0 spiro atoms. The van der Waals surface area contributed by atoms with Gasteiger partial charge in [0.05, 0.1) is 6.26 Å². The second-order valence-corrected chi connectivity index (χ2v) is 7.75. The molecule has 22 heavy (non-hydrogen) atoms. The summed E-state index contributed by atoms with van der Waals surface area (Å²) in [6.07, 6.45) is 4.96. The summed E-state index contributed by atoms with van der Waals surface area (Å²) in [5.74, 6) is 0.650. The number of rotatable bonds is 6. The Bertz CT molecular complexity index is 579. The average Bonchev–Trinajstić information content (AvgIpc) is 2.51. The van der Waals surface area contributed by atoms with E-state index in [9.17, 15) is 13.2 Å². The number of amides is 1. The van der Waals surface area contributed by atoms with Crippen molar-refractivity contribution in [3.63, 3.8) is 0 Å². The number of carbonyl (C=O) groups is 1. The molecular weight excluding hydrogens is 300 g/mol. The first kappa shape index (κ1) is 17.0. The molecule has 2 N–H and O–H groups in total. The van der Waals surface area contributed by atoms with Gasteiger partial charge < -0.3 is 5.32 Å². The van der Waals surface area contributed by atoms with Crippen molar-refractivity contribution < 1.29 is 13.2 Å².